The van der Waals surface area contributed by atoms with E-state index in [0.29, 0.717) is 23.9 Å². The molecule has 6 rings (SSSR count). The second kappa shape index (κ2) is 13.7. The van der Waals surface area contributed by atoms with Crippen molar-refractivity contribution in [2.75, 3.05) is 26.7 Å². The molecule has 2 heterocycles. The minimum absolute atomic E-state index is 0. The molecule has 38 heavy (non-hydrogen) atoms. The summed E-state index contributed by atoms with van der Waals surface area (Å²) in [6.07, 6.45) is 10.7. The molecular formula is C31H46BrClN2O3. The number of aromatic hydroxyl groups is 2. The van der Waals surface area contributed by atoms with Crippen LogP contribution >= 0.6 is 29.4 Å². The van der Waals surface area contributed by atoms with Crippen LogP contribution in [0.2, 0.25) is 0 Å². The summed E-state index contributed by atoms with van der Waals surface area (Å²) in [5.41, 5.74) is 6.54. The Labute approximate surface area is 245 Å². The number of fused-ring (bicyclic) bond motifs is 6. The van der Waals surface area contributed by atoms with Crippen molar-refractivity contribution in [1.29, 1.82) is 0 Å². The largest absolute Gasteiger partial charge is 0.504 e. The second-order valence-electron chi connectivity index (χ2n) is 11.2. The first-order valence-corrected chi connectivity index (χ1v) is 14.2. The van der Waals surface area contributed by atoms with Crippen LogP contribution in [0.5, 0.6) is 17.2 Å². The van der Waals surface area contributed by atoms with Gasteiger partial charge in [0, 0.05) is 17.6 Å². The van der Waals surface area contributed by atoms with E-state index in [1.54, 1.807) is 13.2 Å². The van der Waals surface area contributed by atoms with Gasteiger partial charge >= 0.3 is 0 Å². The van der Waals surface area contributed by atoms with Crippen LogP contribution < -0.4 is 10.1 Å². The number of halogens is 2. The Morgan fingerprint density at radius 2 is 1.66 bits per heavy atom. The Kier molecular flexibility index (Phi) is 11.2. The Bertz CT molecular complexity index is 1080. The SMILES string of the molecule is Br.CCCN1CCC[C@H]2c3ccc(O)c(O)c3CCC21.COc1c(C)ccc2c1CC[C@H]1NCCC[C@@H]21.Cl. The van der Waals surface area contributed by atoms with Crippen LogP contribution in [0.25, 0.3) is 0 Å². The van der Waals surface area contributed by atoms with E-state index in [0.717, 1.165) is 30.6 Å². The van der Waals surface area contributed by atoms with Crippen molar-refractivity contribution in [2.24, 2.45) is 0 Å². The predicted molar refractivity (Wildman–Crippen MR) is 163 cm³/mol. The van der Waals surface area contributed by atoms with Crippen molar-refractivity contribution < 1.29 is 14.9 Å². The molecule has 4 aliphatic rings. The molecule has 2 fully saturated rings. The van der Waals surface area contributed by atoms with Gasteiger partial charge in [-0.25, -0.2) is 0 Å². The molecule has 4 atom stereocenters. The molecule has 0 saturated carbocycles. The van der Waals surface area contributed by atoms with Gasteiger partial charge in [-0.15, -0.1) is 29.4 Å². The summed E-state index contributed by atoms with van der Waals surface area (Å²) in [6, 6.07) is 9.55. The fraction of sp³-hybridized carbons (Fsp3) is 0.613. The highest BCUT2D eigenvalue weighted by atomic mass is 79.9. The number of methoxy groups -OCH3 is 1. The molecule has 0 bridgehead atoms. The quantitative estimate of drug-likeness (QED) is 0.335. The molecule has 212 valence electrons. The summed E-state index contributed by atoms with van der Waals surface area (Å²) in [6.45, 7) is 7.98. The fourth-order valence-electron chi connectivity index (χ4n) is 7.56. The summed E-state index contributed by atoms with van der Waals surface area (Å²) in [5.74, 6) is 2.52. The average Bonchev–Trinajstić information content (AvgIpc) is 2.91. The van der Waals surface area contributed by atoms with Gasteiger partial charge in [0.2, 0.25) is 0 Å². The van der Waals surface area contributed by atoms with Gasteiger partial charge in [0.1, 0.15) is 5.75 Å². The first kappa shape index (κ1) is 31.1. The van der Waals surface area contributed by atoms with Crippen molar-refractivity contribution in [1.82, 2.24) is 10.2 Å². The van der Waals surface area contributed by atoms with E-state index in [1.807, 2.05) is 6.07 Å². The van der Waals surface area contributed by atoms with Gasteiger partial charge in [0.25, 0.3) is 0 Å². The Balaban J connectivity index is 0.000000201. The lowest BCUT2D eigenvalue weighted by atomic mass is 9.74. The van der Waals surface area contributed by atoms with Crippen molar-refractivity contribution >= 4 is 29.4 Å². The van der Waals surface area contributed by atoms with Crippen LogP contribution in [0.1, 0.15) is 91.5 Å². The molecule has 2 saturated heterocycles. The second-order valence-corrected chi connectivity index (χ2v) is 11.2. The summed E-state index contributed by atoms with van der Waals surface area (Å²) in [4.78, 5) is 2.63. The zero-order chi connectivity index (χ0) is 25.2. The van der Waals surface area contributed by atoms with E-state index in [1.165, 1.54) is 80.4 Å². The highest BCUT2D eigenvalue weighted by Gasteiger charge is 2.37. The molecule has 7 heteroatoms. The van der Waals surface area contributed by atoms with Crippen LogP contribution in [0, 0.1) is 6.92 Å². The Hall–Kier alpha value is -1.47. The highest BCUT2D eigenvalue weighted by molar-refractivity contribution is 8.93. The summed E-state index contributed by atoms with van der Waals surface area (Å²) < 4.78 is 5.60. The molecule has 0 aromatic heterocycles. The van der Waals surface area contributed by atoms with E-state index in [4.69, 9.17) is 4.74 Å². The van der Waals surface area contributed by atoms with Gasteiger partial charge in [-0.3, -0.25) is 4.90 Å². The maximum Gasteiger partial charge on any atom is 0.160 e. The van der Waals surface area contributed by atoms with Gasteiger partial charge < -0.3 is 20.3 Å². The molecule has 2 aromatic rings. The van der Waals surface area contributed by atoms with Crippen LogP contribution in [0.4, 0.5) is 0 Å². The highest BCUT2D eigenvalue weighted by Crippen LogP contribution is 2.46. The zero-order valence-corrected chi connectivity index (χ0v) is 25.7. The van der Waals surface area contributed by atoms with Crippen LogP contribution in [-0.4, -0.2) is 53.9 Å². The maximum absolute atomic E-state index is 10.0. The van der Waals surface area contributed by atoms with Crippen molar-refractivity contribution in [2.45, 2.75) is 95.6 Å². The topological polar surface area (TPSA) is 65.0 Å². The normalized spacial score (nSPS) is 25.6. The Morgan fingerprint density at radius 3 is 2.42 bits per heavy atom. The van der Waals surface area contributed by atoms with Crippen LogP contribution in [0.3, 0.4) is 0 Å². The molecular weight excluding hydrogens is 564 g/mol. The molecule has 5 nitrogen and oxygen atoms in total. The summed E-state index contributed by atoms with van der Waals surface area (Å²) >= 11 is 0. The molecule has 0 spiro atoms. The van der Waals surface area contributed by atoms with Gasteiger partial charge in [-0.1, -0.05) is 25.1 Å². The third-order valence-corrected chi connectivity index (χ3v) is 9.18. The standard InChI is InChI=1S/C16H23NO2.C15H21NO.BrH.ClH/c1-2-9-17-10-3-4-12-11-6-8-15(18)16(19)13(11)5-7-14(12)17;1-10-5-6-11-12-4-3-9-16-14(12)8-7-13(11)15(10)17-2;;/h6,8,12,14,18-19H,2-5,7,9-10H2,1H3;5-6,12,14,16H,3-4,7-9H2,1-2H3;2*1H/t12-,14?;12-,14+;;/m00../s1. The number of phenolic OH excluding ortho intramolecular Hbond substituents is 2. The first-order chi connectivity index (χ1) is 17.5. The molecule has 2 aliphatic carbocycles. The molecule has 2 aromatic carbocycles. The van der Waals surface area contributed by atoms with E-state index in [9.17, 15) is 10.2 Å². The molecule has 3 N–H and O–H groups in total. The number of hydrogen-bond donors (Lipinski definition) is 3. The first-order valence-electron chi connectivity index (χ1n) is 14.2. The van der Waals surface area contributed by atoms with E-state index >= 15 is 0 Å². The smallest absolute Gasteiger partial charge is 0.160 e. The monoisotopic (exact) mass is 608 g/mol. The lowest BCUT2D eigenvalue weighted by Gasteiger charge is -2.45. The van der Waals surface area contributed by atoms with Crippen molar-refractivity contribution in [3.63, 3.8) is 0 Å². The molecule has 0 amide bonds. The summed E-state index contributed by atoms with van der Waals surface area (Å²) in [7, 11) is 1.80. The summed E-state index contributed by atoms with van der Waals surface area (Å²) in [5, 5.41) is 23.4. The number of phenols is 2. The average molecular weight is 610 g/mol. The zero-order valence-electron chi connectivity index (χ0n) is 23.2. The number of nitrogens with zero attached hydrogens (tertiary/aromatic N) is 1. The van der Waals surface area contributed by atoms with Gasteiger partial charge in [0.05, 0.1) is 7.11 Å². The van der Waals surface area contributed by atoms with Gasteiger partial charge in [-0.05, 0) is 125 Å². The Morgan fingerprint density at radius 1 is 0.947 bits per heavy atom. The molecule has 1 unspecified atom stereocenters. The third-order valence-electron chi connectivity index (χ3n) is 9.18. The number of benzene rings is 2. The lowest BCUT2D eigenvalue weighted by molar-refractivity contribution is 0.112. The van der Waals surface area contributed by atoms with Gasteiger partial charge in [-0.2, -0.15) is 0 Å². The molecule has 0 radical (unpaired) electrons. The van der Waals surface area contributed by atoms with E-state index in [2.05, 4.69) is 36.2 Å². The fourth-order valence-corrected chi connectivity index (χ4v) is 7.56. The molecule has 2 aliphatic heterocycles. The van der Waals surface area contributed by atoms with Crippen molar-refractivity contribution in [3.8, 4) is 17.2 Å². The number of hydrogen-bond acceptors (Lipinski definition) is 5. The van der Waals surface area contributed by atoms with Crippen LogP contribution in [-0.2, 0) is 12.8 Å². The predicted octanol–water partition coefficient (Wildman–Crippen LogP) is 6.79. The van der Waals surface area contributed by atoms with Crippen LogP contribution in [0.15, 0.2) is 24.3 Å². The number of nitrogens with one attached hydrogen (secondary N) is 1. The van der Waals surface area contributed by atoms with E-state index < -0.39 is 0 Å². The number of aryl methyl sites for hydroxylation is 1. The number of rotatable bonds is 3. The number of ether oxygens (including phenoxy) is 1. The number of piperidine rings is 2. The van der Waals surface area contributed by atoms with E-state index in [-0.39, 0.29) is 40.9 Å². The minimum Gasteiger partial charge on any atom is -0.504 e. The number of likely N-dealkylation sites (tertiary alicyclic amines) is 1. The lowest BCUT2D eigenvalue weighted by Crippen LogP contribution is -2.46. The third kappa shape index (κ3) is 5.99. The van der Waals surface area contributed by atoms with Crippen molar-refractivity contribution in [3.05, 3.63) is 52.1 Å². The minimum atomic E-state index is 0. The van der Waals surface area contributed by atoms with Gasteiger partial charge in [0.15, 0.2) is 11.5 Å². The maximum atomic E-state index is 10.0.